The van der Waals surface area contributed by atoms with Crippen LogP contribution in [0.2, 0.25) is 0 Å². The van der Waals surface area contributed by atoms with Crippen molar-refractivity contribution < 1.29 is 0 Å². The maximum atomic E-state index is 11.8. The van der Waals surface area contributed by atoms with Crippen LogP contribution in [0.4, 0.5) is 5.95 Å². The first kappa shape index (κ1) is 12.1. The molecule has 18 heavy (non-hydrogen) atoms. The number of aromatic amines is 1. The van der Waals surface area contributed by atoms with Gasteiger partial charge in [0.25, 0.3) is 5.56 Å². The molecule has 0 spiro atoms. The zero-order valence-electron chi connectivity index (χ0n) is 10.2. The third-order valence-electron chi connectivity index (χ3n) is 2.37. The molecule has 94 valence electrons. The molecule has 0 amide bonds. The fraction of sp³-hybridized carbons (Fsp3) is 0.250. The lowest BCUT2D eigenvalue weighted by atomic mass is 10.3. The number of rotatable bonds is 5. The molecule has 2 heterocycles. The van der Waals surface area contributed by atoms with Gasteiger partial charge in [-0.3, -0.25) is 9.78 Å². The minimum atomic E-state index is -0.209. The molecule has 0 aliphatic rings. The van der Waals surface area contributed by atoms with E-state index in [0.29, 0.717) is 30.1 Å². The summed E-state index contributed by atoms with van der Waals surface area (Å²) >= 11 is 0. The Morgan fingerprint density at radius 1 is 1.67 bits per heavy atom. The number of nitrogens with one attached hydrogen (secondary N) is 2. The van der Waals surface area contributed by atoms with E-state index in [4.69, 9.17) is 0 Å². The summed E-state index contributed by atoms with van der Waals surface area (Å²) in [6.45, 7) is 10.4. The van der Waals surface area contributed by atoms with Gasteiger partial charge in [-0.05, 0) is 6.92 Å². The summed E-state index contributed by atoms with van der Waals surface area (Å²) in [5.41, 5.74) is 1.29. The number of aromatic nitrogens is 4. The van der Waals surface area contributed by atoms with Crippen LogP contribution in [-0.2, 0) is 6.54 Å². The summed E-state index contributed by atoms with van der Waals surface area (Å²) < 4.78 is 1.63. The number of hydrogen-bond acceptors (Lipinski definition) is 4. The molecule has 0 aliphatic heterocycles. The number of hydrogen-bond donors (Lipinski definition) is 2. The van der Waals surface area contributed by atoms with Crippen molar-refractivity contribution in [3.05, 3.63) is 41.4 Å². The second kappa shape index (κ2) is 4.87. The Labute approximate surface area is 104 Å². The van der Waals surface area contributed by atoms with E-state index in [9.17, 15) is 4.79 Å². The standard InChI is InChI=1S/C12H15N5O/c1-4-5-17-10-9(7-14-17)11(18)16-12(15-10)13-6-8(2)3/h4,7H,1-2,5-6H2,3H3,(H2,13,15,16,18). The van der Waals surface area contributed by atoms with Gasteiger partial charge in [-0.15, -0.1) is 6.58 Å². The van der Waals surface area contributed by atoms with Crippen molar-refractivity contribution in [2.75, 3.05) is 11.9 Å². The van der Waals surface area contributed by atoms with E-state index in [-0.39, 0.29) is 5.56 Å². The van der Waals surface area contributed by atoms with Crippen molar-refractivity contribution in [2.24, 2.45) is 0 Å². The first-order valence-corrected chi connectivity index (χ1v) is 5.57. The maximum absolute atomic E-state index is 11.8. The van der Waals surface area contributed by atoms with E-state index >= 15 is 0 Å². The summed E-state index contributed by atoms with van der Waals surface area (Å²) in [6, 6.07) is 0. The summed E-state index contributed by atoms with van der Waals surface area (Å²) in [4.78, 5) is 18.8. The maximum Gasteiger partial charge on any atom is 0.263 e. The van der Waals surface area contributed by atoms with Crippen LogP contribution < -0.4 is 10.9 Å². The second-order valence-electron chi connectivity index (χ2n) is 4.08. The zero-order chi connectivity index (χ0) is 13.1. The van der Waals surface area contributed by atoms with Crippen LogP contribution in [0.25, 0.3) is 11.0 Å². The molecule has 0 aromatic carbocycles. The lowest BCUT2D eigenvalue weighted by Crippen LogP contribution is -2.14. The number of anilines is 1. The van der Waals surface area contributed by atoms with Gasteiger partial charge in [0, 0.05) is 6.54 Å². The minimum Gasteiger partial charge on any atom is -0.352 e. The van der Waals surface area contributed by atoms with Gasteiger partial charge >= 0.3 is 0 Å². The van der Waals surface area contributed by atoms with Crippen molar-refractivity contribution in [1.29, 1.82) is 0 Å². The predicted octanol–water partition coefficient (Wildman–Crippen LogP) is 1.29. The average Bonchev–Trinajstić information content (AvgIpc) is 2.71. The Morgan fingerprint density at radius 3 is 3.11 bits per heavy atom. The molecule has 0 radical (unpaired) electrons. The molecule has 6 heteroatoms. The van der Waals surface area contributed by atoms with E-state index in [0.717, 1.165) is 5.57 Å². The molecule has 2 aromatic rings. The molecular formula is C12H15N5O. The highest BCUT2D eigenvalue weighted by Gasteiger charge is 2.08. The van der Waals surface area contributed by atoms with Crippen molar-refractivity contribution in [2.45, 2.75) is 13.5 Å². The van der Waals surface area contributed by atoms with Crippen LogP contribution in [0.1, 0.15) is 6.92 Å². The quantitative estimate of drug-likeness (QED) is 0.778. The molecule has 0 saturated carbocycles. The third kappa shape index (κ3) is 2.32. The van der Waals surface area contributed by atoms with Crippen molar-refractivity contribution in [1.82, 2.24) is 19.7 Å². The summed E-state index contributed by atoms with van der Waals surface area (Å²) in [5.74, 6) is 0.418. The van der Waals surface area contributed by atoms with Gasteiger partial charge in [0.05, 0.1) is 12.7 Å². The highest BCUT2D eigenvalue weighted by atomic mass is 16.1. The smallest absolute Gasteiger partial charge is 0.263 e. The Kier molecular flexibility index (Phi) is 3.27. The van der Waals surface area contributed by atoms with E-state index in [1.807, 2.05) is 6.92 Å². The number of nitrogens with zero attached hydrogens (tertiary/aromatic N) is 3. The molecule has 0 fully saturated rings. The van der Waals surface area contributed by atoms with Crippen LogP contribution >= 0.6 is 0 Å². The van der Waals surface area contributed by atoms with Crippen LogP contribution in [0.3, 0.4) is 0 Å². The molecule has 0 unspecified atom stereocenters. The second-order valence-corrected chi connectivity index (χ2v) is 4.08. The van der Waals surface area contributed by atoms with Crippen molar-refractivity contribution >= 4 is 17.0 Å². The molecule has 0 aliphatic carbocycles. The van der Waals surface area contributed by atoms with E-state index in [1.54, 1.807) is 10.8 Å². The van der Waals surface area contributed by atoms with E-state index < -0.39 is 0 Å². The van der Waals surface area contributed by atoms with E-state index in [1.165, 1.54) is 6.20 Å². The molecule has 2 rings (SSSR count). The molecule has 6 nitrogen and oxygen atoms in total. The van der Waals surface area contributed by atoms with Crippen molar-refractivity contribution in [3.8, 4) is 0 Å². The summed E-state index contributed by atoms with van der Waals surface area (Å²) in [6.07, 6.45) is 3.21. The third-order valence-corrected chi connectivity index (χ3v) is 2.37. The highest BCUT2D eigenvalue weighted by Crippen LogP contribution is 2.08. The fourth-order valence-electron chi connectivity index (χ4n) is 1.54. The van der Waals surface area contributed by atoms with Crippen molar-refractivity contribution in [3.63, 3.8) is 0 Å². The fourth-order valence-corrected chi connectivity index (χ4v) is 1.54. The lowest BCUT2D eigenvalue weighted by molar-refractivity contribution is 0.720. The monoisotopic (exact) mass is 245 g/mol. The Hall–Kier alpha value is -2.37. The number of fused-ring (bicyclic) bond motifs is 1. The normalized spacial score (nSPS) is 10.5. The topological polar surface area (TPSA) is 75.6 Å². The number of allylic oxidation sites excluding steroid dienone is 1. The highest BCUT2D eigenvalue weighted by molar-refractivity contribution is 5.74. The summed E-state index contributed by atoms with van der Waals surface area (Å²) in [7, 11) is 0. The van der Waals surface area contributed by atoms with Crippen LogP contribution in [-0.4, -0.2) is 26.3 Å². The van der Waals surface area contributed by atoms with Crippen LogP contribution in [0.15, 0.2) is 35.8 Å². The minimum absolute atomic E-state index is 0.209. The molecule has 0 saturated heterocycles. The van der Waals surface area contributed by atoms with Gasteiger partial charge in [0.15, 0.2) is 5.65 Å². The summed E-state index contributed by atoms with van der Waals surface area (Å²) in [5, 5.41) is 7.57. The molecule has 0 bridgehead atoms. The van der Waals surface area contributed by atoms with Gasteiger partial charge in [-0.1, -0.05) is 18.2 Å². The first-order chi connectivity index (χ1) is 8.61. The average molecular weight is 245 g/mol. The van der Waals surface area contributed by atoms with E-state index in [2.05, 4.69) is 33.5 Å². The van der Waals surface area contributed by atoms with Gasteiger partial charge in [0.2, 0.25) is 5.95 Å². The van der Waals surface area contributed by atoms with Gasteiger partial charge < -0.3 is 5.32 Å². The largest absolute Gasteiger partial charge is 0.352 e. The Bertz CT molecular complexity index is 652. The Balaban J connectivity index is 2.44. The number of H-pyrrole nitrogens is 1. The van der Waals surface area contributed by atoms with Gasteiger partial charge in [0.1, 0.15) is 5.39 Å². The van der Waals surface area contributed by atoms with Crippen LogP contribution in [0, 0.1) is 0 Å². The molecular weight excluding hydrogens is 230 g/mol. The van der Waals surface area contributed by atoms with Gasteiger partial charge in [-0.25, -0.2) is 4.68 Å². The molecule has 2 aromatic heterocycles. The first-order valence-electron chi connectivity index (χ1n) is 5.57. The van der Waals surface area contributed by atoms with Crippen LogP contribution in [0.5, 0.6) is 0 Å². The van der Waals surface area contributed by atoms with Gasteiger partial charge in [-0.2, -0.15) is 10.1 Å². The molecule has 0 atom stereocenters. The Morgan fingerprint density at radius 2 is 2.44 bits per heavy atom. The molecule has 2 N–H and O–H groups in total. The SMILES string of the molecule is C=CCn1ncc2c(=O)[nH]c(NCC(=C)C)nc21. The lowest BCUT2D eigenvalue weighted by Gasteiger charge is -2.05. The predicted molar refractivity (Wildman–Crippen MR) is 71.6 cm³/mol. The zero-order valence-corrected chi connectivity index (χ0v) is 10.2.